The molecule has 14 heavy (non-hydrogen) atoms. The molecular weight excluding hydrogens is 268 g/mol. The standard InChI is InChI=1S/C10H10BrClFN/c11-7-4-3-6(9(12)10(7)13)8-2-1-5-14-8/h3-4,8,14H,1-2,5H2. The van der Waals surface area contributed by atoms with Crippen molar-refractivity contribution in [2.45, 2.75) is 18.9 Å². The van der Waals surface area contributed by atoms with Crippen LogP contribution in [0.5, 0.6) is 0 Å². The summed E-state index contributed by atoms with van der Waals surface area (Å²) in [4.78, 5) is 0. The van der Waals surface area contributed by atoms with Gasteiger partial charge in [-0.3, -0.25) is 0 Å². The lowest BCUT2D eigenvalue weighted by atomic mass is 10.1. The van der Waals surface area contributed by atoms with Crippen LogP contribution in [-0.4, -0.2) is 6.54 Å². The highest BCUT2D eigenvalue weighted by Gasteiger charge is 2.21. The molecule has 0 radical (unpaired) electrons. The molecule has 1 aliphatic rings. The summed E-state index contributed by atoms with van der Waals surface area (Å²) in [6, 6.07) is 3.79. The van der Waals surface area contributed by atoms with E-state index in [2.05, 4.69) is 21.2 Å². The van der Waals surface area contributed by atoms with Crippen molar-refractivity contribution in [3.8, 4) is 0 Å². The van der Waals surface area contributed by atoms with Gasteiger partial charge in [0.05, 0.1) is 9.50 Å². The second-order valence-electron chi connectivity index (χ2n) is 3.41. The van der Waals surface area contributed by atoms with Gasteiger partial charge in [-0.2, -0.15) is 0 Å². The second kappa shape index (κ2) is 4.17. The van der Waals surface area contributed by atoms with E-state index in [0.717, 1.165) is 24.9 Å². The third kappa shape index (κ3) is 1.81. The minimum absolute atomic E-state index is 0.213. The molecule has 1 aromatic rings. The molecule has 0 spiro atoms. The minimum atomic E-state index is -0.363. The Morgan fingerprint density at radius 1 is 1.50 bits per heavy atom. The first-order chi connectivity index (χ1) is 6.70. The van der Waals surface area contributed by atoms with Crippen LogP contribution in [-0.2, 0) is 0 Å². The van der Waals surface area contributed by atoms with Gasteiger partial charge < -0.3 is 5.32 Å². The highest BCUT2D eigenvalue weighted by atomic mass is 79.9. The summed E-state index contributed by atoms with van der Waals surface area (Å²) in [6.07, 6.45) is 2.15. The molecule has 0 aromatic heterocycles. The van der Waals surface area contributed by atoms with Crippen LogP contribution >= 0.6 is 27.5 Å². The number of nitrogens with one attached hydrogen (secondary N) is 1. The molecule has 1 atom stereocenters. The SMILES string of the molecule is Fc1c(Br)ccc(C2CCCN2)c1Cl. The quantitative estimate of drug-likeness (QED) is 0.773. The largest absolute Gasteiger partial charge is 0.310 e. The second-order valence-corrected chi connectivity index (χ2v) is 4.65. The van der Waals surface area contributed by atoms with Crippen molar-refractivity contribution in [2.24, 2.45) is 0 Å². The van der Waals surface area contributed by atoms with E-state index in [1.54, 1.807) is 6.07 Å². The van der Waals surface area contributed by atoms with E-state index >= 15 is 0 Å². The van der Waals surface area contributed by atoms with Crippen LogP contribution in [0.2, 0.25) is 5.02 Å². The van der Waals surface area contributed by atoms with Crippen molar-refractivity contribution in [2.75, 3.05) is 6.54 Å². The zero-order valence-corrected chi connectivity index (χ0v) is 9.83. The number of halogens is 3. The van der Waals surface area contributed by atoms with E-state index in [4.69, 9.17) is 11.6 Å². The van der Waals surface area contributed by atoms with E-state index in [1.807, 2.05) is 6.07 Å². The molecule has 1 aliphatic heterocycles. The molecule has 2 rings (SSSR count). The first-order valence-corrected chi connectivity index (χ1v) is 5.74. The Balaban J connectivity index is 2.38. The molecule has 1 nitrogen and oxygen atoms in total. The summed E-state index contributed by atoms with van der Waals surface area (Å²) in [5.74, 6) is -0.363. The molecule has 1 fully saturated rings. The van der Waals surface area contributed by atoms with Gasteiger partial charge in [-0.15, -0.1) is 0 Å². The van der Waals surface area contributed by atoms with E-state index in [9.17, 15) is 4.39 Å². The molecular formula is C10H10BrClFN. The normalized spacial score (nSPS) is 21.5. The van der Waals surface area contributed by atoms with Crippen molar-refractivity contribution in [1.29, 1.82) is 0 Å². The molecule has 0 bridgehead atoms. The molecule has 1 aromatic carbocycles. The first kappa shape index (κ1) is 10.4. The van der Waals surface area contributed by atoms with E-state index < -0.39 is 0 Å². The third-order valence-electron chi connectivity index (χ3n) is 2.50. The Hall–Kier alpha value is -0.120. The Bertz CT molecular complexity index is 350. The van der Waals surface area contributed by atoms with Gasteiger partial charge in [0.1, 0.15) is 0 Å². The van der Waals surface area contributed by atoms with Crippen molar-refractivity contribution < 1.29 is 4.39 Å². The van der Waals surface area contributed by atoms with Gasteiger partial charge in [0.2, 0.25) is 0 Å². The molecule has 76 valence electrons. The van der Waals surface area contributed by atoms with E-state index in [0.29, 0.717) is 4.47 Å². The van der Waals surface area contributed by atoms with Crippen molar-refractivity contribution in [3.63, 3.8) is 0 Å². The fraction of sp³-hybridized carbons (Fsp3) is 0.400. The zero-order chi connectivity index (χ0) is 10.1. The van der Waals surface area contributed by atoms with Crippen LogP contribution < -0.4 is 5.32 Å². The molecule has 1 heterocycles. The first-order valence-electron chi connectivity index (χ1n) is 4.57. The lowest BCUT2D eigenvalue weighted by molar-refractivity contribution is 0.602. The van der Waals surface area contributed by atoms with Crippen molar-refractivity contribution >= 4 is 27.5 Å². The van der Waals surface area contributed by atoms with Gasteiger partial charge >= 0.3 is 0 Å². The van der Waals surface area contributed by atoms with Gasteiger partial charge in [0.25, 0.3) is 0 Å². The highest BCUT2D eigenvalue weighted by molar-refractivity contribution is 9.10. The Morgan fingerprint density at radius 3 is 2.93 bits per heavy atom. The third-order valence-corrected chi connectivity index (χ3v) is 3.50. The zero-order valence-electron chi connectivity index (χ0n) is 7.49. The van der Waals surface area contributed by atoms with Crippen LogP contribution in [0.4, 0.5) is 4.39 Å². The summed E-state index contributed by atoms with van der Waals surface area (Å²) in [5, 5.41) is 3.53. The lowest BCUT2D eigenvalue weighted by Crippen LogP contribution is -2.13. The van der Waals surface area contributed by atoms with E-state index in [1.165, 1.54) is 0 Å². The maximum Gasteiger partial charge on any atom is 0.156 e. The highest BCUT2D eigenvalue weighted by Crippen LogP contribution is 2.33. The van der Waals surface area contributed by atoms with Crippen LogP contribution in [0.1, 0.15) is 24.4 Å². The van der Waals surface area contributed by atoms with Gasteiger partial charge in [-0.05, 0) is 46.9 Å². The average molecular weight is 279 g/mol. The Kier molecular flexibility index (Phi) is 3.10. The molecule has 1 unspecified atom stereocenters. The van der Waals surface area contributed by atoms with Crippen molar-refractivity contribution in [1.82, 2.24) is 5.32 Å². The number of hydrogen-bond acceptors (Lipinski definition) is 1. The van der Waals surface area contributed by atoms with Crippen LogP contribution in [0.15, 0.2) is 16.6 Å². The predicted molar refractivity (Wildman–Crippen MR) is 59.1 cm³/mol. The Morgan fingerprint density at radius 2 is 2.29 bits per heavy atom. The monoisotopic (exact) mass is 277 g/mol. The molecule has 4 heteroatoms. The molecule has 0 aliphatic carbocycles. The van der Waals surface area contributed by atoms with Crippen LogP contribution in [0.3, 0.4) is 0 Å². The summed E-state index contributed by atoms with van der Waals surface area (Å²) >= 11 is 9.04. The predicted octanol–water partition coefficient (Wildman–Crippen LogP) is 3.67. The summed E-state index contributed by atoms with van der Waals surface area (Å²) in [6.45, 7) is 0.985. The van der Waals surface area contributed by atoms with Crippen molar-refractivity contribution in [3.05, 3.63) is 33.0 Å². The van der Waals surface area contributed by atoms with Crippen LogP contribution in [0, 0.1) is 5.82 Å². The number of benzene rings is 1. The summed E-state index contributed by atoms with van der Waals surface area (Å²) < 4.78 is 13.9. The smallest absolute Gasteiger partial charge is 0.156 e. The molecule has 0 amide bonds. The Labute approximate surface area is 95.8 Å². The number of hydrogen-bond donors (Lipinski definition) is 1. The minimum Gasteiger partial charge on any atom is -0.310 e. The van der Waals surface area contributed by atoms with Gasteiger partial charge in [-0.25, -0.2) is 4.39 Å². The lowest BCUT2D eigenvalue weighted by Gasteiger charge is -2.13. The van der Waals surface area contributed by atoms with Gasteiger partial charge in [0.15, 0.2) is 5.82 Å². The molecule has 1 saturated heterocycles. The molecule has 0 saturated carbocycles. The summed E-state index contributed by atoms with van der Waals surface area (Å²) in [7, 11) is 0. The fourth-order valence-electron chi connectivity index (χ4n) is 1.76. The van der Waals surface area contributed by atoms with Gasteiger partial charge in [0, 0.05) is 6.04 Å². The van der Waals surface area contributed by atoms with Gasteiger partial charge in [-0.1, -0.05) is 17.7 Å². The maximum atomic E-state index is 13.4. The number of rotatable bonds is 1. The summed E-state index contributed by atoms with van der Waals surface area (Å²) in [5.41, 5.74) is 0.866. The molecule has 1 N–H and O–H groups in total. The van der Waals surface area contributed by atoms with E-state index in [-0.39, 0.29) is 16.9 Å². The fourth-order valence-corrected chi connectivity index (χ4v) is 2.50. The topological polar surface area (TPSA) is 12.0 Å². The van der Waals surface area contributed by atoms with Crippen LogP contribution in [0.25, 0.3) is 0 Å². The average Bonchev–Trinajstić information content (AvgIpc) is 2.67. The maximum absolute atomic E-state index is 13.4.